The molecular weight excluding hydrogens is 515 g/mol. The highest BCUT2D eigenvalue weighted by atomic mass is 35.5. The zero-order chi connectivity index (χ0) is 26.5. The normalized spacial score (nSPS) is 16.8. The Morgan fingerprint density at radius 2 is 1.61 bits per heavy atom. The van der Waals surface area contributed by atoms with Gasteiger partial charge in [-0.2, -0.15) is 5.26 Å². The number of likely N-dealkylation sites (tertiary alicyclic amines) is 1. The second-order valence-corrected chi connectivity index (χ2v) is 11.1. The van der Waals surface area contributed by atoms with Gasteiger partial charge in [-0.25, -0.2) is 4.79 Å². The van der Waals surface area contributed by atoms with Crippen molar-refractivity contribution in [3.8, 4) is 17.2 Å². The molecule has 0 radical (unpaired) electrons. The van der Waals surface area contributed by atoms with E-state index in [9.17, 15) is 10.1 Å². The number of piperidine rings is 1. The summed E-state index contributed by atoms with van der Waals surface area (Å²) >= 11 is 12.3. The maximum Gasteiger partial charge on any atom is 0.322 e. The average molecular weight is 548 g/mol. The molecule has 2 amide bonds. The molecule has 7 heteroatoms. The van der Waals surface area contributed by atoms with Crippen molar-refractivity contribution in [2.45, 2.75) is 57.2 Å². The fourth-order valence-corrected chi connectivity index (χ4v) is 6.40. The molecule has 38 heavy (non-hydrogen) atoms. The van der Waals surface area contributed by atoms with Crippen LogP contribution < -0.4 is 10.2 Å². The number of hydrogen-bond acceptors (Lipinski definition) is 3. The van der Waals surface area contributed by atoms with Crippen LogP contribution in [0.1, 0.15) is 49.7 Å². The standard InChI is InChI=1S/C31H32Cl2N4O/c32-26-17-23(18-27(33)19-26)21-35-31(38)37(30-12-14-36(15-13-30)28-6-1-2-7-28)29-10-8-24(9-11-29)25-5-3-4-22(16-25)20-34/h3-5,8-11,16-19,28,30H,1-2,6-7,12-15,21H2,(H,35,38). The van der Waals surface area contributed by atoms with Crippen LogP contribution in [0.25, 0.3) is 11.1 Å². The van der Waals surface area contributed by atoms with Gasteiger partial charge in [0, 0.05) is 47.5 Å². The SMILES string of the molecule is N#Cc1cccc(-c2ccc(N(C(=O)NCc3cc(Cl)cc(Cl)c3)C3CCN(C4CCCC4)CC3)cc2)c1. The van der Waals surface area contributed by atoms with Gasteiger partial charge in [0.15, 0.2) is 0 Å². The summed E-state index contributed by atoms with van der Waals surface area (Å²) in [5.74, 6) is 0. The monoisotopic (exact) mass is 546 g/mol. The van der Waals surface area contributed by atoms with Crippen molar-refractivity contribution < 1.29 is 4.79 Å². The van der Waals surface area contributed by atoms with Gasteiger partial charge in [0.05, 0.1) is 11.6 Å². The van der Waals surface area contributed by atoms with E-state index in [1.54, 1.807) is 12.1 Å². The molecule has 5 nitrogen and oxygen atoms in total. The summed E-state index contributed by atoms with van der Waals surface area (Å²) in [5.41, 5.74) is 4.35. The van der Waals surface area contributed by atoms with Crippen molar-refractivity contribution in [2.75, 3.05) is 18.0 Å². The molecule has 0 aromatic heterocycles. The predicted molar refractivity (Wildman–Crippen MR) is 155 cm³/mol. The van der Waals surface area contributed by atoms with Crippen LogP contribution in [0, 0.1) is 11.3 Å². The summed E-state index contributed by atoms with van der Waals surface area (Å²) < 4.78 is 0. The molecule has 1 aliphatic carbocycles. The summed E-state index contributed by atoms with van der Waals surface area (Å²) in [7, 11) is 0. The van der Waals surface area contributed by atoms with Crippen LogP contribution in [-0.4, -0.2) is 36.1 Å². The second-order valence-electron chi connectivity index (χ2n) is 10.3. The van der Waals surface area contributed by atoms with Crippen LogP contribution >= 0.6 is 23.2 Å². The molecule has 1 heterocycles. The average Bonchev–Trinajstić information content (AvgIpc) is 3.48. The zero-order valence-electron chi connectivity index (χ0n) is 21.4. The molecule has 196 valence electrons. The minimum Gasteiger partial charge on any atom is -0.334 e. The molecule has 0 unspecified atom stereocenters. The minimum absolute atomic E-state index is 0.114. The van der Waals surface area contributed by atoms with Crippen molar-refractivity contribution in [1.82, 2.24) is 10.2 Å². The first-order valence-electron chi connectivity index (χ1n) is 13.4. The van der Waals surface area contributed by atoms with Gasteiger partial charge in [-0.05, 0) is 84.8 Å². The van der Waals surface area contributed by atoms with Crippen molar-refractivity contribution in [3.05, 3.63) is 87.9 Å². The maximum atomic E-state index is 13.7. The van der Waals surface area contributed by atoms with Crippen molar-refractivity contribution in [3.63, 3.8) is 0 Å². The lowest BCUT2D eigenvalue weighted by atomic mass is 9.99. The van der Waals surface area contributed by atoms with Crippen LogP contribution in [0.5, 0.6) is 0 Å². The van der Waals surface area contributed by atoms with Gasteiger partial charge in [0.25, 0.3) is 0 Å². The van der Waals surface area contributed by atoms with E-state index in [0.29, 0.717) is 28.2 Å². The number of nitrogens with zero attached hydrogens (tertiary/aromatic N) is 3. The molecular formula is C31H32Cl2N4O. The maximum absolute atomic E-state index is 13.7. The van der Waals surface area contributed by atoms with Crippen LogP contribution in [0.3, 0.4) is 0 Å². The van der Waals surface area contributed by atoms with Crippen molar-refractivity contribution in [2.24, 2.45) is 0 Å². The molecule has 1 N–H and O–H groups in total. The molecule has 3 aromatic carbocycles. The Hall–Kier alpha value is -3.04. The Labute approximate surface area is 235 Å². The number of carbonyl (C=O) groups excluding carboxylic acids is 1. The van der Waals surface area contributed by atoms with Gasteiger partial charge in [-0.3, -0.25) is 4.90 Å². The first kappa shape index (κ1) is 26.6. The molecule has 5 rings (SSSR count). The largest absolute Gasteiger partial charge is 0.334 e. The fourth-order valence-electron chi connectivity index (χ4n) is 5.83. The molecule has 1 saturated heterocycles. The Balaban J connectivity index is 1.35. The highest BCUT2D eigenvalue weighted by Crippen LogP contribution is 2.31. The van der Waals surface area contributed by atoms with E-state index in [-0.39, 0.29) is 12.1 Å². The lowest BCUT2D eigenvalue weighted by Crippen LogP contribution is -2.52. The molecule has 0 bridgehead atoms. The number of carbonyl (C=O) groups is 1. The third kappa shape index (κ3) is 6.32. The summed E-state index contributed by atoms with van der Waals surface area (Å²) in [6.07, 6.45) is 7.14. The number of rotatable bonds is 6. The summed E-state index contributed by atoms with van der Waals surface area (Å²) in [4.78, 5) is 18.2. The number of nitriles is 1. The van der Waals surface area contributed by atoms with E-state index >= 15 is 0 Å². The van der Waals surface area contributed by atoms with Gasteiger partial charge in [0.2, 0.25) is 0 Å². The molecule has 1 saturated carbocycles. The Bertz CT molecular complexity index is 1290. The summed E-state index contributed by atoms with van der Waals surface area (Å²) in [6, 6.07) is 23.9. The zero-order valence-corrected chi connectivity index (χ0v) is 22.9. The van der Waals surface area contributed by atoms with E-state index in [0.717, 1.165) is 48.3 Å². The van der Waals surface area contributed by atoms with E-state index in [1.807, 2.05) is 59.5 Å². The number of urea groups is 1. The highest BCUT2D eigenvalue weighted by Gasteiger charge is 2.32. The number of hydrogen-bond donors (Lipinski definition) is 1. The Morgan fingerprint density at radius 1 is 0.921 bits per heavy atom. The second kappa shape index (κ2) is 12.2. The fraction of sp³-hybridized carbons (Fsp3) is 0.355. The minimum atomic E-state index is -0.125. The highest BCUT2D eigenvalue weighted by molar-refractivity contribution is 6.34. The van der Waals surface area contributed by atoms with E-state index in [1.165, 1.54) is 25.7 Å². The summed E-state index contributed by atoms with van der Waals surface area (Å²) in [6.45, 7) is 2.37. The smallest absolute Gasteiger partial charge is 0.322 e. The molecule has 0 atom stereocenters. The number of anilines is 1. The first-order chi connectivity index (χ1) is 18.5. The van der Waals surface area contributed by atoms with Crippen LogP contribution in [0.2, 0.25) is 10.0 Å². The quantitative estimate of drug-likeness (QED) is 0.345. The molecule has 1 aliphatic heterocycles. The molecule has 3 aromatic rings. The van der Waals surface area contributed by atoms with Gasteiger partial charge in [0.1, 0.15) is 0 Å². The number of benzene rings is 3. The third-order valence-corrected chi connectivity index (χ3v) is 8.20. The van der Waals surface area contributed by atoms with Gasteiger partial charge >= 0.3 is 6.03 Å². The van der Waals surface area contributed by atoms with Gasteiger partial charge in [-0.1, -0.05) is 60.3 Å². The van der Waals surface area contributed by atoms with Crippen molar-refractivity contribution in [1.29, 1.82) is 5.26 Å². The molecule has 0 spiro atoms. The number of nitrogens with one attached hydrogen (secondary N) is 1. The molecule has 2 aliphatic rings. The van der Waals surface area contributed by atoms with Gasteiger partial charge in [-0.15, -0.1) is 0 Å². The van der Waals surface area contributed by atoms with E-state index in [2.05, 4.69) is 16.3 Å². The Kier molecular flexibility index (Phi) is 8.54. The summed E-state index contributed by atoms with van der Waals surface area (Å²) in [5, 5.41) is 13.5. The van der Waals surface area contributed by atoms with Crippen molar-refractivity contribution >= 4 is 34.9 Å². The van der Waals surface area contributed by atoms with Crippen LogP contribution in [0.15, 0.2) is 66.7 Å². The van der Waals surface area contributed by atoms with E-state index in [4.69, 9.17) is 23.2 Å². The number of amides is 2. The predicted octanol–water partition coefficient (Wildman–Crippen LogP) is 7.66. The molecule has 2 fully saturated rings. The lowest BCUT2D eigenvalue weighted by molar-refractivity contribution is 0.152. The third-order valence-electron chi connectivity index (χ3n) is 7.76. The topological polar surface area (TPSA) is 59.4 Å². The van der Waals surface area contributed by atoms with Crippen LogP contribution in [-0.2, 0) is 6.54 Å². The first-order valence-corrected chi connectivity index (χ1v) is 14.1. The Morgan fingerprint density at radius 3 is 2.26 bits per heavy atom. The lowest BCUT2D eigenvalue weighted by Gasteiger charge is -2.40. The number of halogens is 2. The van der Waals surface area contributed by atoms with Gasteiger partial charge < -0.3 is 10.2 Å². The van der Waals surface area contributed by atoms with Crippen LogP contribution in [0.4, 0.5) is 10.5 Å². The van der Waals surface area contributed by atoms with E-state index < -0.39 is 0 Å².